The van der Waals surface area contributed by atoms with Gasteiger partial charge in [0.25, 0.3) is 0 Å². The number of halogens is 1. The minimum Gasteiger partial charge on any atom is -0.398 e. The third-order valence-corrected chi connectivity index (χ3v) is 4.93. The predicted molar refractivity (Wildman–Crippen MR) is 87.8 cm³/mol. The van der Waals surface area contributed by atoms with Gasteiger partial charge in [-0.1, -0.05) is 11.6 Å². The van der Waals surface area contributed by atoms with Gasteiger partial charge in [0, 0.05) is 17.8 Å². The van der Waals surface area contributed by atoms with E-state index in [9.17, 15) is 4.79 Å². The van der Waals surface area contributed by atoms with Crippen LogP contribution in [-0.2, 0) is 6.54 Å². The molecule has 3 rings (SSSR count). The van der Waals surface area contributed by atoms with Gasteiger partial charge in [0.1, 0.15) is 18.3 Å². The van der Waals surface area contributed by atoms with Gasteiger partial charge < -0.3 is 11.2 Å². The van der Waals surface area contributed by atoms with Gasteiger partial charge in [-0.2, -0.15) is 0 Å². The third-order valence-electron chi connectivity index (χ3n) is 4.61. The van der Waals surface area contributed by atoms with Crippen molar-refractivity contribution in [2.75, 3.05) is 12.3 Å². The fraction of sp³-hybridized carbons (Fsp3) is 0.438. The maximum absolute atomic E-state index is 13.1. The van der Waals surface area contributed by atoms with E-state index in [-0.39, 0.29) is 16.4 Å². The number of nitrogens with two attached hydrogens (primary N) is 1. The smallest absolute Gasteiger partial charge is 0.353 e. The molecule has 4 N–H and O–H groups in total. The number of quaternary nitrogens is 1. The number of carbonyl (C=O) groups excluding carboxylic acids is 1. The van der Waals surface area contributed by atoms with Gasteiger partial charge in [0.15, 0.2) is 0 Å². The highest BCUT2D eigenvalue weighted by molar-refractivity contribution is 6.34. The van der Waals surface area contributed by atoms with Crippen molar-refractivity contribution in [2.45, 2.75) is 39.3 Å². The molecule has 118 valence electrons. The van der Waals surface area contributed by atoms with E-state index in [0.717, 1.165) is 30.6 Å². The molecule has 1 unspecified atom stereocenters. The van der Waals surface area contributed by atoms with Gasteiger partial charge in [-0.25, -0.2) is 14.7 Å². The largest absolute Gasteiger partial charge is 0.398 e. The Kier molecular flexibility index (Phi) is 3.89. The maximum atomic E-state index is 13.1. The molecule has 1 aromatic rings. The Morgan fingerprint density at radius 1 is 1.41 bits per heavy atom. The minimum atomic E-state index is 0.0298. The number of carbonyl (C=O) groups is 1. The Morgan fingerprint density at radius 2 is 2.18 bits per heavy atom. The molecule has 22 heavy (non-hydrogen) atoms. The lowest BCUT2D eigenvalue weighted by atomic mass is 10.1. The predicted octanol–water partition coefficient (Wildman–Crippen LogP) is 2.53. The van der Waals surface area contributed by atoms with Crippen LogP contribution in [0.4, 0.5) is 5.69 Å². The topological polar surface area (TPSA) is 67.2 Å². The molecule has 0 aliphatic carbocycles. The number of nitrogens with one attached hydrogen (secondary N) is 2. The van der Waals surface area contributed by atoms with Crippen LogP contribution in [0, 0.1) is 0 Å². The van der Waals surface area contributed by atoms with Crippen LogP contribution in [-0.4, -0.2) is 23.0 Å². The van der Waals surface area contributed by atoms with Crippen molar-refractivity contribution in [1.82, 2.24) is 10.9 Å². The van der Waals surface area contributed by atoms with E-state index in [1.807, 2.05) is 6.20 Å². The number of hydrogen-bond donors (Lipinski definition) is 3. The van der Waals surface area contributed by atoms with E-state index in [0.29, 0.717) is 22.8 Å². The van der Waals surface area contributed by atoms with Crippen LogP contribution >= 0.6 is 11.6 Å². The molecule has 1 saturated heterocycles. The summed E-state index contributed by atoms with van der Waals surface area (Å²) >= 11 is 6.28. The number of nitrogens with zero attached hydrogens (tertiary/aromatic N) is 1. The number of hydrogen-bond acceptors (Lipinski definition) is 4. The monoisotopic (exact) mass is 321 g/mol. The first-order valence-corrected chi connectivity index (χ1v) is 8.03. The van der Waals surface area contributed by atoms with E-state index in [4.69, 9.17) is 17.3 Å². The normalized spacial score (nSPS) is 26.4. The van der Waals surface area contributed by atoms with E-state index in [2.05, 4.69) is 24.7 Å². The van der Waals surface area contributed by atoms with Crippen LogP contribution in [0.1, 0.15) is 42.6 Å². The number of anilines is 1. The summed E-state index contributed by atoms with van der Waals surface area (Å²) in [7, 11) is 0. The first-order chi connectivity index (χ1) is 10.5. The Balaban J connectivity index is 2.09. The van der Waals surface area contributed by atoms with Crippen LogP contribution in [0.25, 0.3) is 0 Å². The molecule has 0 spiro atoms. The molecule has 0 aromatic heterocycles. The van der Waals surface area contributed by atoms with Crippen LogP contribution in [0.3, 0.4) is 0 Å². The van der Waals surface area contributed by atoms with Crippen molar-refractivity contribution < 1.29 is 9.28 Å². The van der Waals surface area contributed by atoms with E-state index in [1.54, 1.807) is 12.1 Å². The zero-order chi connectivity index (χ0) is 15.9. The van der Waals surface area contributed by atoms with E-state index < -0.39 is 0 Å². The quantitative estimate of drug-likeness (QED) is 0.578. The molecule has 2 aliphatic rings. The Morgan fingerprint density at radius 3 is 2.77 bits per heavy atom. The van der Waals surface area contributed by atoms with Gasteiger partial charge in [-0.3, -0.25) is 0 Å². The van der Waals surface area contributed by atoms with Gasteiger partial charge in [-0.15, -0.1) is 0 Å². The second kappa shape index (κ2) is 5.57. The standard InChI is InChI=1S/C16H22ClN4O/c1-10(2)21(8-11-4-3-7-19-20-11)9-12-14(18)6-5-13(17)15(12)16(21)22/h5-6,8,10,19-20H,3-4,7,9,18H2,1-2H3/q+1. The van der Waals surface area contributed by atoms with Crippen molar-refractivity contribution >= 4 is 23.2 Å². The lowest BCUT2D eigenvalue weighted by Crippen LogP contribution is -2.50. The molecule has 1 fully saturated rings. The molecule has 0 saturated carbocycles. The Hall–Kier alpha value is -1.56. The number of rotatable bonds is 2. The fourth-order valence-electron chi connectivity index (χ4n) is 3.23. The lowest BCUT2D eigenvalue weighted by Gasteiger charge is -2.33. The molecule has 0 radical (unpaired) electrons. The zero-order valence-corrected chi connectivity index (χ0v) is 13.7. The van der Waals surface area contributed by atoms with Crippen molar-refractivity contribution in [2.24, 2.45) is 0 Å². The minimum absolute atomic E-state index is 0.0298. The molecule has 1 atom stereocenters. The summed E-state index contributed by atoms with van der Waals surface area (Å²) in [5, 5.41) is 0.489. The summed E-state index contributed by atoms with van der Waals surface area (Å²) in [5.74, 6) is 0.0298. The second-order valence-electron chi connectivity index (χ2n) is 6.29. The van der Waals surface area contributed by atoms with Gasteiger partial charge in [-0.05, 0) is 38.8 Å². The molecule has 6 heteroatoms. The zero-order valence-electron chi connectivity index (χ0n) is 12.9. The summed E-state index contributed by atoms with van der Waals surface area (Å²) in [6.07, 6.45) is 4.03. The number of fused-ring (bicyclic) bond motifs is 1. The van der Waals surface area contributed by atoms with Crippen LogP contribution in [0.5, 0.6) is 0 Å². The molecule has 2 heterocycles. The number of benzene rings is 1. The Bertz CT molecular complexity index is 648. The molecular weight excluding hydrogens is 300 g/mol. The highest BCUT2D eigenvalue weighted by atomic mass is 35.5. The van der Waals surface area contributed by atoms with E-state index in [1.165, 1.54) is 0 Å². The van der Waals surface area contributed by atoms with Gasteiger partial charge in [0.05, 0.1) is 16.8 Å². The van der Waals surface area contributed by atoms with Crippen LogP contribution < -0.4 is 16.6 Å². The molecule has 2 aliphatic heterocycles. The summed E-state index contributed by atoms with van der Waals surface area (Å²) in [4.78, 5) is 13.1. The second-order valence-corrected chi connectivity index (χ2v) is 6.69. The highest BCUT2D eigenvalue weighted by Crippen LogP contribution is 2.40. The van der Waals surface area contributed by atoms with E-state index >= 15 is 0 Å². The number of amides is 1. The molecule has 5 nitrogen and oxygen atoms in total. The average molecular weight is 322 g/mol. The molecular formula is C16H22ClN4O+. The SMILES string of the molecule is CC(C)[N+]1(C=C2CCCNN2)Cc2c(N)ccc(Cl)c2C1=O. The first-order valence-electron chi connectivity index (χ1n) is 7.65. The fourth-order valence-corrected chi connectivity index (χ4v) is 3.49. The Labute approximate surface area is 135 Å². The lowest BCUT2D eigenvalue weighted by molar-refractivity contribution is -0.829. The van der Waals surface area contributed by atoms with Crippen molar-refractivity contribution in [3.05, 3.63) is 40.2 Å². The molecule has 1 amide bonds. The maximum Gasteiger partial charge on any atom is 0.353 e. The van der Waals surface area contributed by atoms with Crippen LogP contribution in [0.2, 0.25) is 5.02 Å². The average Bonchev–Trinajstić information content (AvgIpc) is 2.80. The van der Waals surface area contributed by atoms with Gasteiger partial charge >= 0.3 is 5.91 Å². The summed E-state index contributed by atoms with van der Waals surface area (Å²) in [5.41, 5.74) is 15.5. The van der Waals surface area contributed by atoms with Crippen LogP contribution in [0.15, 0.2) is 24.0 Å². The summed E-state index contributed by atoms with van der Waals surface area (Å²) in [6, 6.07) is 3.59. The molecule has 1 aromatic carbocycles. The number of nitrogen functional groups attached to an aromatic ring is 1. The highest BCUT2D eigenvalue weighted by Gasteiger charge is 2.49. The summed E-state index contributed by atoms with van der Waals surface area (Å²) < 4.78 is 0.229. The third kappa shape index (κ3) is 2.29. The number of hydrazine groups is 1. The summed E-state index contributed by atoms with van der Waals surface area (Å²) in [6.45, 7) is 5.61. The van der Waals surface area contributed by atoms with Crippen molar-refractivity contribution in [1.29, 1.82) is 0 Å². The number of allylic oxidation sites excluding steroid dienone is 1. The van der Waals surface area contributed by atoms with Crippen molar-refractivity contribution in [3.8, 4) is 0 Å². The van der Waals surface area contributed by atoms with Gasteiger partial charge in [0.2, 0.25) is 0 Å². The van der Waals surface area contributed by atoms with Crippen molar-refractivity contribution in [3.63, 3.8) is 0 Å². The molecule has 0 bridgehead atoms. The first kappa shape index (κ1) is 15.3.